The van der Waals surface area contributed by atoms with Crippen LogP contribution in [0.3, 0.4) is 0 Å². The Morgan fingerprint density at radius 1 is 1.21 bits per heavy atom. The summed E-state index contributed by atoms with van der Waals surface area (Å²) < 4.78 is 5.01. The first-order valence-corrected chi connectivity index (χ1v) is 11.6. The molecular formula is C25H29N3O5. The van der Waals surface area contributed by atoms with E-state index < -0.39 is 23.6 Å². The average Bonchev–Trinajstić information content (AvgIpc) is 3.76. The molecule has 2 aliphatic carbocycles. The van der Waals surface area contributed by atoms with Crippen molar-refractivity contribution in [2.45, 2.75) is 43.3 Å². The highest BCUT2D eigenvalue weighted by Crippen LogP contribution is 2.50. The lowest BCUT2D eigenvalue weighted by Crippen LogP contribution is -2.65. The van der Waals surface area contributed by atoms with E-state index in [0.29, 0.717) is 38.3 Å². The third-order valence-electron chi connectivity index (χ3n) is 7.71. The summed E-state index contributed by atoms with van der Waals surface area (Å²) in [6.45, 7) is 4.72. The Labute approximate surface area is 193 Å². The van der Waals surface area contributed by atoms with Crippen molar-refractivity contribution in [2.75, 3.05) is 26.7 Å². The van der Waals surface area contributed by atoms with Crippen LogP contribution in [-0.4, -0.2) is 82.8 Å². The van der Waals surface area contributed by atoms with Gasteiger partial charge in [-0.3, -0.25) is 14.4 Å². The minimum Gasteiger partial charge on any atom is -0.467 e. The number of fused-ring (bicyclic) bond motifs is 1. The van der Waals surface area contributed by atoms with Gasteiger partial charge in [0.05, 0.1) is 7.11 Å². The number of rotatable bonds is 6. The van der Waals surface area contributed by atoms with Crippen LogP contribution in [0.15, 0.2) is 43.0 Å². The van der Waals surface area contributed by atoms with Crippen molar-refractivity contribution in [3.8, 4) is 0 Å². The Morgan fingerprint density at radius 2 is 1.94 bits per heavy atom. The summed E-state index contributed by atoms with van der Waals surface area (Å²) in [6, 6.07) is 8.28. The lowest BCUT2D eigenvalue weighted by atomic mass is 9.98. The topological polar surface area (TPSA) is 87.2 Å². The van der Waals surface area contributed by atoms with Gasteiger partial charge in [-0.1, -0.05) is 36.9 Å². The van der Waals surface area contributed by atoms with Crippen LogP contribution < -0.4 is 0 Å². The standard InChI is InChI=1S/C25H29N3O5/c1-3-20(29)28-12-11-26(24(32)25(28)9-10-25)19(13-16-7-5-4-6-8-16)22(30)27-15-17-14-18(17)21(27)23(31)33-2/h3-8,17-19,21H,1,9-15H2,2H3/t17?,18?,19-,21?/m0/s1. The normalized spacial score (nSPS) is 27.7. The molecule has 4 fully saturated rings. The molecule has 1 spiro atoms. The van der Waals surface area contributed by atoms with Crippen LogP contribution in [0.1, 0.15) is 24.8 Å². The summed E-state index contributed by atoms with van der Waals surface area (Å²) in [5.74, 6) is -0.574. The summed E-state index contributed by atoms with van der Waals surface area (Å²) in [5, 5.41) is 0. The van der Waals surface area contributed by atoms with Gasteiger partial charge in [-0.25, -0.2) is 4.79 Å². The molecule has 2 saturated carbocycles. The first kappa shape index (κ1) is 21.7. The minimum absolute atomic E-state index is 0.145. The van der Waals surface area contributed by atoms with Crippen molar-refractivity contribution in [1.82, 2.24) is 14.7 Å². The van der Waals surface area contributed by atoms with Crippen molar-refractivity contribution in [3.05, 3.63) is 48.6 Å². The van der Waals surface area contributed by atoms with Crippen molar-refractivity contribution in [3.63, 3.8) is 0 Å². The SMILES string of the molecule is C=CC(=O)N1CCN([C@@H](Cc2ccccc2)C(=O)N2CC3CC3C2C(=O)OC)C(=O)C12CC2. The Kier molecular flexibility index (Phi) is 5.26. The number of ether oxygens (including phenoxy) is 1. The van der Waals surface area contributed by atoms with E-state index in [1.54, 1.807) is 14.7 Å². The number of amides is 3. The summed E-state index contributed by atoms with van der Waals surface area (Å²) in [5.41, 5.74) is 0.0743. The molecule has 0 radical (unpaired) electrons. The first-order valence-electron chi connectivity index (χ1n) is 11.6. The van der Waals surface area contributed by atoms with Crippen LogP contribution in [0, 0.1) is 11.8 Å². The maximum Gasteiger partial charge on any atom is 0.328 e. The van der Waals surface area contributed by atoms with Gasteiger partial charge in [0.2, 0.25) is 17.7 Å². The van der Waals surface area contributed by atoms with Gasteiger partial charge in [0.15, 0.2) is 0 Å². The van der Waals surface area contributed by atoms with E-state index in [2.05, 4.69) is 6.58 Å². The van der Waals surface area contributed by atoms with E-state index in [4.69, 9.17) is 4.74 Å². The van der Waals surface area contributed by atoms with Crippen molar-refractivity contribution >= 4 is 23.7 Å². The number of piperidine rings is 1. The monoisotopic (exact) mass is 451 g/mol. The number of carbonyl (C=O) groups excluding carboxylic acids is 4. The molecule has 4 aliphatic rings. The third kappa shape index (κ3) is 3.52. The van der Waals surface area contributed by atoms with Crippen LogP contribution >= 0.6 is 0 Å². The molecule has 3 amide bonds. The van der Waals surface area contributed by atoms with Gasteiger partial charge in [-0.15, -0.1) is 0 Å². The Hall–Kier alpha value is -3.16. The number of hydrogen-bond donors (Lipinski definition) is 0. The second-order valence-electron chi connectivity index (χ2n) is 9.55. The number of nitrogens with zero attached hydrogens (tertiary/aromatic N) is 3. The van der Waals surface area contributed by atoms with Crippen LogP contribution in [0.5, 0.6) is 0 Å². The zero-order valence-corrected chi connectivity index (χ0v) is 18.8. The largest absolute Gasteiger partial charge is 0.467 e. The molecule has 2 aliphatic heterocycles. The van der Waals surface area contributed by atoms with Gasteiger partial charge >= 0.3 is 5.97 Å². The molecule has 1 aromatic carbocycles. The van der Waals surface area contributed by atoms with Crippen LogP contribution in [-0.2, 0) is 30.3 Å². The van der Waals surface area contributed by atoms with E-state index in [1.807, 2.05) is 30.3 Å². The molecule has 4 atom stereocenters. The lowest BCUT2D eigenvalue weighted by molar-refractivity contribution is -0.161. The molecule has 8 heteroatoms. The predicted molar refractivity (Wildman–Crippen MR) is 119 cm³/mol. The van der Waals surface area contributed by atoms with Gasteiger partial charge in [-0.05, 0) is 42.7 Å². The fraction of sp³-hybridized carbons (Fsp3) is 0.520. The number of carbonyl (C=O) groups is 4. The maximum atomic E-state index is 13.9. The smallest absolute Gasteiger partial charge is 0.328 e. The van der Waals surface area contributed by atoms with Crippen LogP contribution in [0.25, 0.3) is 0 Å². The summed E-state index contributed by atoms with van der Waals surface area (Å²) in [6.07, 6.45) is 3.71. The fourth-order valence-corrected chi connectivity index (χ4v) is 5.71. The van der Waals surface area contributed by atoms with E-state index in [0.717, 1.165) is 12.0 Å². The molecule has 8 nitrogen and oxygen atoms in total. The molecule has 0 bridgehead atoms. The number of benzene rings is 1. The van der Waals surface area contributed by atoms with Crippen molar-refractivity contribution in [2.24, 2.45) is 11.8 Å². The Morgan fingerprint density at radius 3 is 2.58 bits per heavy atom. The lowest BCUT2D eigenvalue weighted by Gasteiger charge is -2.44. The average molecular weight is 452 g/mol. The highest BCUT2D eigenvalue weighted by atomic mass is 16.5. The summed E-state index contributed by atoms with van der Waals surface area (Å²) in [4.78, 5) is 57.4. The number of piperazine rings is 1. The highest BCUT2D eigenvalue weighted by Gasteiger charge is 2.62. The van der Waals surface area contributed by atoms with E-state index >= 15 is 0 Å². The predicted octanol–water partition coefficient (Wildman–Crippen LogP) is 1.01. The number of esters is 1. The minimum atomic E-state index is -0.867. The molecule has 174 valence electrons. The van der Waals surface area contributed by atoms with Crippen LogP contribution in [0.4, 0.5) is 0 Å². The molecule has 0 aromatic heterocycles. The molecule has 2 saturated heterocycles. The number of methoxy groups -OCH3 is 1. The molecule has 3 unspecified atom stereocenters. The number of likely N-dealkylation sites (tertiary alicyclic amines) is 1. The summed E-state index contributed by atoms with van der Waals surface area (Å²) >= 11 is 0. The second kappa shape index (κ2) is 8.01. The van der Waals surface area contributed by atoms with Gasteiger partial charge in [-0.2, -0.15) is 0 Å². The van der Waals surface area contributed by atoms with Crippen molar-refractivity contribution < 1.29 is 23.9 Å². The Balaban J connectivity index is 1.45. The Bertz CT molecular complexity index is 1000. The third-order valence-corrected chi connectivity index (χ3v) is 7.71. The van der Waals surface area contributed by atoms with Crippen LogP contribution in [0.2, 0.25) is 0 Å². The van der Waals surface area contributed by atoms with Gasteiger partial charge in [0.25, 0.3) is 0 Å². The van der Waals surface area contributed by atoms with Gasteiger partial charge in [0, 0.05) is 26.1 Å². The van der Waals surface area contributed by atoms with E-state index in [9.17, 15) is 19.2 Å². The summed E-state index contributed by atoms with van der Waals surface area (Å²) in [7, 11) is 1.35. The zero-order valence-electron chi connectivity index (χ0n) is 18.8. The van der Waals surface area contributed by atoms with Gasteiger partial charge in [0.1, 0.15) is 17.6 Å². The van der Waals surface area contributed by atoms with Crippen molar-refractivity contribution in [1.29, 1.82) is 0 Å². The fourth-order valence-electron chi connectivity index (χ4n) is 5.71. The van der Waals surface area contributed by atoms with E-state index in [-0.39, 0.29) is 30.2 Å². The quantitative estimate of drug-likeness (QED) is 0.476. The first-order chi connectivity index (χ1) is 15.9. The molecule has 33 heavy (non-hydrogen) atoms. The number of hydrogen-bond acceptors (Lipinski definition) is 5. The second-order valence-corrected chi connectivity index (χ2v) is 9.55. The maximum absolute atomic E-state index is 13.9. The highest BCUT2D eigenvalue weighted by molar-refractivity contribution is 6.00. The molecule has 1 aromatic rings. The molecule has 2 heterocycles. The van der Waals surface area contributed by atoms with E-state index in [1.165, 1.54) is 13.2 Å². The molecular weight excluding hydrogens is 422 g/mol. The van der Waals surface area contributed by atoms with Gasteiger partial charge < -0.3 is 19.4 Å². The molecule has 0 N–H and O–H groups in total. The zero-order chi connectivity index (χ0) is 23.3. The molecule has 5 rings (SSSR count).